The molecule has 0 radical (unpaired) electrons. The van der Waals surface area contributed by atoms with Crippen LogP contribution in [0.2, 0.25) is 0 Å². The number of nitrogen functional groups attached to an aromatic ring is 1. The van der Waals surface area contributed by atoms with Crippen molar-refractivity contribution in [3.8, 4) is 0 Å². The minimum absolute atomic E-state index is 0.732. The molecule has 0 unspecified atom stereocenters. The summed E-state index contributed by atoms with van der Waals surface area (Å²) >= 11 is 0. The molecule has 0 aliphatic carbocycles. The normalized spacial score (nSPS) is 10.6. The highest BCUT2D eigenvalue weighted by Crippen LogP contribution is 2.14. The van der Waals surface area contributed by atoms with Crippen molar-refractivity contribution in [2.24, 2.45) is 0 Å². The van der Waals surface area contributed by atoms with Crippen LogP contribution >= 0.6 is 0 Å². The average molecular weight is 263 g/mol. The third kappa shape index (κ3) is 7.04. The van der Waals surface area contributed by atoms with Crippen LogP contribution in [0.25, 0.3) is 0 Å². The predicted octanol–water partition coefficient (Wildman–Crippen LogP) is 4.52. The molecule has 0 amide bonds. The minimum Gasteiger partial charge on any atom is -0.397 e. The van der Waals surface area contributed by atoms with E-state index in [1.54, 1.807) is 6.20 Å². The lowest BCUT2D eigenvalue weighted by atomic mass is 10.1. The summed E-state index contributed by atoms with van der Waals surface area (Å²) < 4.78 is 0. The van der Waals surface area contributed by atoms with Crippen molar-refractivity contribution in [2.75, 3.05) is 17.6 Å². The summed E-state index contributed by atoms with van der Waals surface area (Å²) in [5.41, 5.74) is 7.54. The van der Waals surface area contributed by atoms with Crippen LogP contribution in [-0.4, -0.2) is 11.5 Å². The third-order valence-electron chi connectivity index (χ3n) is 3.42. The van der Waals surface area contributed by atoms with Crippen LogP contribution < -0.4 is 11.1 Å². The summed E-state index contributed by atoms with van der Waals surface area (Å²) in [7, 11) is 0. The van der Waals surface area contributed by atoms with Crippen LogP contribution in [-0.2, 0) is 0 Å². The number of aromatic nitrogens is 1. The zero-order chi connectivity index (χ0) is 13.9. The first kappa shape index (κ1) is 15.8. The first-order valence-corrected chi connectivity index (χ1v) is 7.70. The standard InChI is InChI=1S/C16H29N3/c1-3-4-5-6-7-8-9-10-11-18-16-14(2)12-15(17)13-19-16/h12-13H,3-11,17H2,1-2H3,(H,18,19). The fourth-order valence-corrected chi connectivity index (χ4v) is 2.25. The summed E-state index contributed by atoms with van der Waals surface area (Å²) in [6.45, 7) is 5.31. The fraction of sp³-hybridized carbons (Fsp3) is 0.688. The van der Waals surface area contributed by atoms with Crippen molar-refractivity contribution >= 4 is 11.5 Å². The highest BCUT2D eigenvalue weighted by atomic mass is 15.0. The summed E-state index contributed by atoms with van der Waals surface area (Å²) in [6.07, 6.45) is 12.5. The second-order valence-corrected chi connectivity index (χ2v) is 5.34. The van der Waals surface area contributed by atoms with Crippen molar-refractivity contribution in [3.63, 3.8) is 0 Å². The van der Waals surface area contributed by atoms with Gasteiger partial charge >= 0.3 is 0 Å². The van der Waals surface area contributed by atoms with E-state index >= 15 is 0 Å². The maximum atomic E-state index is 5.68. The molecule has 0 spiro atoms. The van der Waals surface area contributed by atoms with E-state index < -0.39 is 0 Å². The second kappa shape index (κ2) is 9.65. The summed E-state index contributed by atoms with van der Waals surface area (Å²) in [6, 6.07) is 1.96. The van der Waals surface area contributed by atoms with E-state index in [4.69, 9.17) is 5.73 Å². The molecule has 0 bridgehead atoms. The molecule has 0 atom stereocenters. The topological polar surface area (TPSA) is 50.9 Å². The van der Waals surface area contributed by atoms with Gasteiger partial charge in [-0.2, -0.15) is 0 Å². The fourth-order valence-electron chi connectivity index (χ4n) is 2.25. The SMILES string of the molecule is CCCCCCCCCCNc1ncc(N)cc1C. The Bertz CT molecular complexity index is 350. The minimum atomic E-state index is 0.732. The molecule has 0 fully saturated rings. The number of hydrogen-bond donors (Lipinski definition) is 2. The lowest BCUT2D eigenvalue weighted by Gasteiger charge is -2.08. The Morgan fingerprint density at radius 2 is 1.68 bits per heavy atom. The highest BCUT2D eigenvalue weighted by Gasteiger charge is 1.99. The van der Waals surface area contributed by atoms with Crippen molar-refractivity contribution in [2.45, 2.75) is 65.2 Å². The van der Waals surface area contributed by atoms with Gasteiger partial charge in [0.1, 0.15) is 5.82 Å². The maximum absolute atomic E-state index is 5.68. The molecule has 3 N–H and O–H groups in total. The van der Waals surface area contributed by atoms with Gasteiger partial charge in [0.25, 0.3) is 0 Å². The number of anilines is 2. The number of nitrogens with zero attached hydrogens (tertiary/aromatic N) is 1. The number of unbranched alkanes of at least 4 members (excludes halogenated alkanes) is 7. The van der Waals surface area contributed by atoms with Gasteiger partial charge in [-0.3, -0.25) is 0 Å². The van der Waals surface area contributed by atoms with Gasteiger partial charge in [-0.05, 0) is 25.0 Å². The number of rotatable bonds is 10. The molecule has 0 aliphatic heterocycles. The Morgan fingerprint density at radius 1 is 1.05 bits per heavy atom. The summed E-state index contributed by atoms with van der Waals surface area (Å²) in [5.74, 6) is 0.970. The monoisotopic (exact) mass is 263 g/mol. The molecular weight excluding hydrogens is 234 g/mol. The Labute approximate surface area is 118 Å². The molecule has 1 aromatic heterocycles. The first-order valence-electron chi connectivity index (χ1n) is 7.70. The van der Waals surface area contributed by atoms with E-state index in [-0.39, 0.29) is 0 Å². The van der Waals surface area contributed by atoms with E-state index in [2.05, 4.69) is 17.2 Å². The highest BCUT2D eigenvalue weighted by molar-refractivity contribution is 5.50. The van der Waals surface area contributed by atoms with Gasteiger partial charge in [-0.15, -0.1) is 0 Å². The smallest absolute Gasteiger partial charge is 0.128 e. The Morgan fingerprint density at radius 3 is 2.32 bits per heavy atom. The van der Waals surface area contributed by atoms with Crippen LogP contribution in [0.4, 0.5) is 11.5 Å². The van der Waals surface area contributed by atoms with E-state index in [1.807, 2.05) is 13.0 Å². The van der Waals surface area contributed by atoms with E-state index in [0.29, 0.717) is 0 Å². The van der Waals surface area contributed by atoms with Crippen LogP contribution in [0.3, 0.4) is 0 Å². The first-order chi connectivity index (χ1) is 9.24. The molecule has 1 rings (SSSR count). The van der Waals surface area contributed by atoms with Gasteiger partial charge in [-0.25, -0.2) is 4.98 Å². The van der Waals surface area contributed by atoms with Crippen LogP contribution in [0.1, 0.15) is 63.9 Å². The maximum Gasteiger partial charge on any atom is 0.128 e. The van der Waals surface area contributed by atoms with Gasteiger partial charge in [0, 0.05) is 6.54 Å². The quantitative estimate of drug-likeness (QED) is 0.610. The van der Waals surface area contributed by atoms with Gasteiger partial charge in [0.2, 0.25) is 0 Å². The second-order valence-electron chi connectivity index (χ2n) is 5.34. The lowest BCUT2D eigenvalue weighted by Crippen LogP contribution is -2.05. The molecule has 3 nitrogen and oxygen atoms in total. The van der Waals surface area contributed by atoms with E-state index in [1.165, 1.54) is 51.4 Å². The number of nitrogens with one attached hydrogen (secondary N) is 1. The molecule has 0 saturated heterocycles. The van der Waals surface area contributed by atoms with Crippen molar-refractivity contribution in [3.05, 3.63) is 17.8 Å². The van der Waals surface area contributed by atoms with Crippen LogP contribution in [0, 0.1) is 6.92 Å². The molecule has 0 aromatic carbocycles. The van der Waals surface area contributed by atoms with Crippen molar-refractivity contribution < 1.29 is 0 Å². The van der Waals surface area contributed by atoms with E-state index in [0.717, 1.165) is 23.6 Å². The Kier molecular flexibility index (Phi) is 8.03. The Balaban J connectivity index is 2.01. The van der Waals surface area contributed by atoms with Crippen LogP contribution in [0.5, 0.6) is 0 Å². The zero-order valence-electron chi connectivity index (χ0n) is 12.5. The number of hydrogen-bond acceptors (Lipinski definition) is 3. The van der Waals surface area contributed by atoms with Crippen molar-refractivity contribution in [1.82, 2.24) is 4.98 Å². The predicted molar refractivity (Wildman–Crippen MR) is 84.5 cm³/mol. The molecular formula is C16H29N3. The van der Waals surface area contributed by atoms with E-state index in [9.17, 15) is 0 Å². The van der Waals surface area contributed by atoms with Crippen molar-refractivity contribution in [1.29, 1.82) is 0 Å². The molecule has 1 aromatic rings. The number of nitrogens with two attached hydrogens (primary N) is 1. The molecule has 108 valence electrons. The summed E-state index contributed by atoms with van der Waals surface area (Å²) in [4.78, 5) is 4.31. The largest absolute Gasteiger partial charge is 0.397 e. The number of pyridine rings is 1. The van der Waals surface area contributed by atoms with Gasteiger partial charge in [0.15, 0.2) is 0 Å². The third-order valence-corrected chi connectivity index (χ3v) is 3.42. The molecule has 3 heteroatoms. The summed E-state index contributed by atoms with van der Waals surface area (Å²) in [5, 5.41) is 3.38. The molecule has 19 heavy (non-hydrogen) atoms. The van der Waals surface area contributed by atoms with Gasteiger partial charge in [-0.1, -0.05) is 51.9 Å². The average Bonchev–Trinajstić information content (AvgIpc) is 2.39. The number of aryl methyl sites for hydroxylation is 1. The molecule has 0 aliphatic rings. The Hall–Kier alpha value is -1.25. The van der Waals surface area contributed by atoms with Crippen LogP contribution in [0.15, 0.2) is 12.3 Å². The zero-order valence-corrected chi connectivity index (χ0v) is 12.5. The van der Waals surface area contributed by atoms with Gasteiger partial charge in [0.05, 0.1) is 11.9 Å². The lowest BCUT2D eigenvalue weighted by molar-refractivity contribution is 0.581. The molecule has 1 heterocycles. The van der Waals surface area contributed by atoms with Gasteiger partial charge < -0.3 is 11.1 Å². The molecule has 0 saturated carbocycles.